The van der Waals surface area contributed by atoms with E-state index in [9.17, 15) is 0 Å². The molecule has 1 heterocycles. The van der Waals surface area contributed by atoms with Crippen LogP contribution in [0.2, 0.25) is 0 Å². The Hall–Kier alpha value is -1.77. The van der Waals surface area contributed by atoms with Crippen molar-refractivity contribution in [3.8, 4) is 5.69 Å². The normalized spacial score (nSPS) is 9.64. The molecule has 0 radical (unpaired) electrons. The van der Waals surface area contributed by atoms with Gasteiger partial charge >= 0.3 is 21.7 Å². The summed E-state index contributed by atoms with van der Waals surface area (Å²) in [5.41, 5.74) is 4.01. The van der Waals surface area contributed by atoms with Crippen LogP contribution in [0.3, 0.4) is 0 Å². The van der Waals surface area contributed by atoms with Crippen LogP contribution in [0.5, 0.6) is 0 Å². The fraction of sp³-hybridized carbons (Fsp3) is 0.0833. The molecule has 5 rings (SSSR count). The summed E-state index contributed by atoms with van der Waals surface area (Å²) in [7, 11) is 0. The molecule has 0 aliphatic rings. The molecule has 5 aromatic rings. The molecular formula is C24H21Cl2NTi. The fourth-order valence-corrected chi connectivity index (χ4v) is 3.11. The largest absolute Gasteiger partial charge is 4.00 e. The third-order valence-electron chi connectivity index (χ3n) is 4.77. The molecule has 28 heavy (non-hydrogen) atoms. The van der Waals surface area contributed by atoms with Gasteiger partial charge < -0.3 is 29.4 Å². The number of hydrogen-bond donors (Lipinski definition) is 0. The molecule has 0 unspecified atom stereocenters. The van der Waals surface area contributed by atoms with Crippen LogP contribution in [0.25, 0.3) is 27.2 Å². The van der Waals surface area contributed by atoms with E-state index in [0.29, 0.717) is 0 Å². The van der Waals surface area contributed by atoms with Gasteiger partial charge in [-0.25, -0.2) is 12.1 Å². The molecule has 0 saturated heterocycles. The van der Waals surface area contributed by atoms with Crippen molar-refractivity contribution in [1.29, 1.82) is 0 Å². The molecule has 0 atom stereocenters. The maximum absolute atomic E-state index is 2.23. The minimum atomic E-state index is 0. The van der Waals surface area contributed by atoms with E-state index in [2.05, 4.69) is 110 Å². The van der Waals surface area contributed by atoms with E-state index in [1.807, 2.05) is 0 Å². The molecule has 0 bridgehead atoms. The van der Waals surface area contributed by atoms with Crippen molar-refractivity contribution in [2.45, 2.75) is 13.8 Å². The maximum atomic E-state index is 2.23. The van der Waals surface area contributed by atoms with Gasteiger partial charge in [-0.15, -0.1) is 41.1 Å². The van der Waals surface area contributed by atoms with Crippen LogP contribution >= 0.6 is 0 Å². The second-order valence-electron chi connectivity index (χ2n) is 6.53. The molecule has 0 aliphatic heterocycles. The fourth-order valence-electron chi connectivity index (χ4n) is 3.11. The molecule has 140 valence electrons. The Labute approximate surface area is 193 Å². The van der Waals surface area contributed by atoms with Gasteiger partial charge in [-0.2, -0.15) is 17.2 Å². The average Bonchev–Trinajstić information content (AvgIpc) is 3.33. The van der Waals surface area contributed by atoms with E-state index in [1.165, 1.54) is 38.4 Å². The molecular weight excluding hydrogens is 421 g/mol. The van der Waals surface area contributed by atoms with Crippen LogP contribution < -0.4 is 24.8 Å². The zero-order valence-corrected chi connectivity index (χ0v) is 18.9. The first-order valence-corrected chi connectivity index (χ1v) is 8.62. The molecule has 0 amide bonds. The zero-order valence-electron chi connectivity index (χ0n) is 15.9. The number of aryl methyl sites for hydroxylation is 2. The van der Waals surface area contributed by atoms with Gasteiger partial charge in [0.1, 0.15) is 0 Å². The Balaban J connectivity index is 0.000000341. The van der Waals surface area contributed by atoms with Gasteiger partial charge in [0, 0.05) is 12.4 Å². The number of aromatic nitrogens is 1. The van der Waals surface area contributed by atoms with Gasteiger partial charge in [0.25, 0.3) is 0 Å². The minimum Gasteiger partial charge on any atom is -1.00 e. The van der Waals surface area contributed by atoms with Gasteiger partial charge in [-0.05, 0) is 16.5 Å². The van der Waals surface area contributed by atoms with E-state index in [0.717, 1.165) is 0 Å². The molecule has 0 N–H and O–H groups in total. The second-order valence-corrected chi connectivity index (χ2v) is 6.53. The second kappa shape index (κ2) is 10.7. The quantitative estimate of drug-likeness (QED) is 0.264. The Kier molecular flexibility index (Phi) is 9.27. The summed E-state index contributed by atoms with van der Waals surface area (Å²) in [6.07, 6.45) is 4.37. The number of hydrogen-bond acceptors (Lipinski definition) is 0. The number of rotatable bonds is 1. The average molecular weight is 442 g/mol. The third kappa shape index (κ3) is 5.18. The van der Waals surface area contributed by atoms with E-state index in [1.54, 1.807) is 0 Å². The molecule has 4 aromatic carbocycles. The monoisotopic (exact) mass is 441 g/mol. The molecule has 0 fully saturated rings. The van der Waals surface area contributed by atoms with E-state index in [-0.39, 0.29) is 46.5 Å². The van der Waals surface area contributed by atoms with Crippen molar-refractivity contribution in [1.82, 2.24) is 4.57 Å². The van der Waals surface area contributed by atoms with E-state index < -0.39 is 0 Å². The van der Waals surface area contributed by atoms with Crippen LogP contribution in [-0.4, -0.2) is 4.57 Å². The maximum Gasteiger partial charge on any atom is 4.00 e. The van der Waals surface area contributed by atoms with Crippen molar-refractivity contribution in [2.75, 3.05) is 0 Å². The van der Waals surface area contributed by atoms with E-state index in [4.69, 9.17) is 0 Å². The van der Waals surface area contributed by atoms with Crippen molar-refractivity contribution in [2.24, 2.45) is 0 Å². The topological polar surface area (TPSA) is 4.93 Å². The summed E-state index contributed by atoms with van der Waals surface area (Å²) >= 11 is 0. The van der Waals surface area contributed by atoms with Gasteiger partial charge in [-0.3, -0.25) is 0 Å². The Morgan fingerprint density at radius 2 is 1.36 bits per heavy atom. The first-order valence-electron chi connectivity index (χ1n) is 8.62. The number of fused-ring (bicyclic) bond motifs is 2. The van der Waals surface area contributed by atoms with Gasteiger partial charge in [-0.1, -0.05) is 44.2 Å². The van der Waals surface area contributed by atoms with Crippen LogP contribution in [0, 0.1) is 13.8 Å². The first-order chi connectivity index (χ1) is 12.2. The predicted octanol–water partition coefficient (Wildman–Crippen LogP) is 0.530. The van der Waals surface area contributed by atoms with Gasteiger partial charge in [0.2, 0.25) is 0 Å². The first kappa shape index (κ1) is 24.3. The van der Waals surface area contributed by atoms with E-state index >= 15 is 0 Å². The minimum absolute atomic E-state index is 0. The van der Waals surface area contributed by atoms with Crippen molar-refractivity contribution < 1.29 is 46.5 Å². The summed E-state index contributed by atoms with van der Waals surface area (Å²) in [4.78, 5) is 0. The standard InChI is InChI=1S/C17H12N.C7H9.2ClH.Ti/c1-2-6-14-10-17(9-13(14)5-1)18-11-15-7-3-4-8-16(15)12-18;1-6-4-3-5-7(6)2;;;/h1-12H;3-5H,1-2H3;2*1H;/q2*-1;;;+4/p-2. The van der Waals surface area contributed by atoms with Crippen molar-refractivity contribution >= 4 is 21.5 Å². The van der Waals surface area contributed by atoms with Crippen LogP contribution in [0.15, 0.2) is 91.3 Å². The molecule has 0 saturated carbocycles. The predicted molar refractivity (Wildman–Crippen MR) is 108 cm³/mol. The number of nitrogens with zero attached hydrogens (tertiary/aromatic N) is 1. The summed E-state index contributed by atoms with van der Waals surface area (Å²) in [5, 5.41) is 5.15. The molecule has 1 aromatic heterocycles. The van der Waals surface area contributed by atoms with Crippen LogP contribution in [0.1, 0.15) is 11.1 Å². The molecule has 4 heteroatoms. The zero-order chi connectivity index (χ0) is 17.2. The summed E-state index contributed by atoms with van der Waals surface area (Å²) in [6, 6.07) is 27.7. The van der Waals surface area contributed by atoms with Gasteiger partial charge in [0.15, 0.2) is 0 Å². The molecule has 1 nitrogen and oxygen atoms in total. The Morgan fingerprint density at radius 1 is 0.786 bits per heavy atom. The third-order valence-corrected chi connectivity index (χ3v) is 4.77. The SMILES string of the molecule is Cc1ccc[c-]1C.[Cl-].[Cl-].[Ti+4].c1ccc2cn(-c3cc4ccccc4[cH-]3)cc2c1. The summed E-state index contributed by atoms with van der Waals surface area (Å²) in [5.74, 6) is 0. The van der Waals surface area contributed by atoms with Crippen molar-refractivity contribution in [3.63, 3.8) is 0 Å². The van der Waals surface area contributed by atoms with Gasteiger partial charge in [0.05, 0.1) is 0 Å². The number of halogens is 2. The van der Waals surface area contributed by atoms with Crippen LogP contribution in [0.4, 0.5) is 0 Å². The Bertz CT molecular complexity index is 979. The molecule has 0 spiro atoms. The molecule has 0 aliphatic carbocycles. The van der Waals surface area contributed by atoms with Crippen molar-refractivity contribution in [3.05, 3.63) is 102 Å². The number of benzene rings is 2. The smallest absolute Gasteiger partial charge is 1.00 e. The van der Waals surface area contributed by atoms with Crippen LogP contribution in [-0.2, 0) is 21.7 Å². The summed E-state index contributed by atoms with van der Waals surface area (Å²) in [6.45, 7) is 4.24. The Morgan fingerprint density at radius 3 is 1.82 bits per heavy atom. The summed E-state index contributed by atoms with van der Waals surface area (Å²) < 4.78 is 2.20.